The molecule has 0 saturated carbocycles. The molecule has 0 aliphatic heterocycles. The highest BCUT2D eigenvalue weighted by molar-refractivity contribution is 7.91. The average molecular weight is 347 g/mol. The van der Waals surface area contributed by atoms with Crippen LogP contribution in [0.25, 0.3) is 0 Å². The maximum absolute atomic E-state index is 12.3. The first kappa shape index (κ1) is 15.4. The van der Waals surface area contributed by atoms with E-state index in [-0.39, 0.29) is 9.20 Å². The Morgan fingerprint density at radius 2 is 1.90 bits per heavy atom. The minimum absolute atomic E-state index is 0.0578. The first-order valence-electron chi connectivity index (χ1n) is 5.52. The highest BCUT2D eigenvalue weighted by Crippen LogP contribution is 2.27. The van der Waals surface area contributed by atoms with E-state index in [1.807, 2.05) is 6.07 Å². The van der Waals surface area contributed by atoms with Gasteiger partial charge in [0.2, 0.25) is 0 Å². The third-order valence-electron chi connectivity index (χ3n) is 2.50. The molecule has 0 radical (unpaired) electrons. The van der Waals surface area contributed by atoms with Crippen LogP contribution in [0.2, 0.25) is 4.34 Å². The molecule has 106 valence electrons. The Morgan fingerprint density at radius 1 is 1.25 bits per heavy atom. The zero-order valence-electron chi connectivity index (χ0n) is 10.1. The van der Waals surface area contributed by atoms with Crippen molar-refractivity contribution < 1.29 is 8.42 Å². The van der Waals surface area contributed by atoms with Gasteiger partial charge in [0.1, 0.15) is 4.21 Å². The second-order valence-electron chi connectivity index (χ2n) is 3.93. The molecule has 3 N–H and O–H groups in total. The van der Waals surface area contributed by atoms with E-state index >= 15 is 0 Å². The van der Waals surface area contributed by atoms with Gasteiger partial charge in [-0.05, 0) is 17.7 Å². The van der Waals surface area contributed by atoms with Crippen molar-refractivity contribution in [2.45, 2.75) is 10.3 Å². The average Bonchev–Trinajstić information content (AvgIpc) is 2.84. The summed E-state index contributed by atoms with van der Waals surface area (Å²) in [6, 6.07) is 11.1. The summed E-state index contributed by atoms with van der Waals surface area (Å²) in [5, 5.41) is 0. The molecule has 0 aliphatic rings. The Bertz CT molecular complexity index is 713. The van der Waals surface area contributed by atoms with Crippen molar-refractivity contribution in [3.8, 4) is 0 Å². The van der Waals surface area contributed by atoms with Gasteiger partial charge in [0.05, 0.1) is 15.4 Å². The number of nitrogens with one attached hydrogen (secondary N) is 1. The van der Waals surface area contributed by atoms with Crippen LogP contribution in [0.1, 0.15) is 11.6 Å². The molecule has 0 amide bonds. The SMILES string of the molecule is NC(=S)C(NS(=O)(=O)c1ccc(Cl)s1)c1ccccc1. The molecule has 0 spiro atoms. The summed E-state index contributed by atoms with van der Waals surface area (Å²) in [5.41, 5.74) is 6.33. The molecule has 1 aromatic heterocycles. The van der Waals surface area contributed by atoms with Gasteiger partial charge in [0, 0.05) is 0 Å². The summed E-state index contributed by atoms with van der Waals surface area (Å²) >= 11 is 11.7. The smallest absolute Gasteiger partial charge is 0.251 e. The Balaban J connectivity index is 2.32. The quantitative estimate of drug-likeness (QED) is 0.816. The molecule has 1 aromatic carbocycles. The van der Waals surface area contributed by atoms with Crippen molar-refractivity contribution in [3.05, 3.63) is 52.4 Å². The fourth-order valence-corrected chi connectivity index (χ4v) is 4.56. The van der Waals surface area contributed by atoms with Crippen molar-refractivity contribution in [1.29, 1.82) is 0 Å². The molecule has 4 nitrogen and oxygen atoms in total. The van der Waals surface area contributed by atoms with Crippen LogP contribution in [0.15, 0.2) is 46.7 Å². The number of hydrogen-bond donors (Lipinski definition) is 2. The fraction of sp³-hybridized carbons (Fsp3) is 0.0833. The van der Waals surface area contributed by atoms with Gasteiger partial charge in [-0.15, -0.1) is 11.3 Å². The van der Waals surface area contributed by atoms with Gasteiger partial charge in [-0.2, -0.15) is 4.72 Å². The van der Waals surface area contributed by atoms with Gasteiger partial charge >= 0.3 is 0 Å². The topological polar surface area (TPSA) is 72.2 Å². The lowest BCUT2D eigenvalue weighted by atomic mass is 10.1. The molecule has 0 bridgehead atoms. The predicted octanol–water partition coefficient (Wildman–Crippen LogP) is 2.71. The highest BCUT2D eigenvalue weighted by atomic mass is 35.5. The lowest BCUT2D eigenvalue weighted by Gasteiger charge is -2.17. The number of halogens is 1. The molecule has 20 heavy (non-hydrogen) atoms. The molecule has 2 rings (SSSR count). The molecule has 2 aromatic rings. The van der Waals surface area contributed by atoms with Crippen molar-refractivity contribution in [2.75, 3.05) is 0 Å². The van der Waals surface area contributed by atoms with Crippen molar-refractivity contribution in [1.82, 2.24) is 4.72 Å². The number of benzene rings is 1. The summed E-state index contributed by atoms with van der Waals surface area (Å²) in [5.74, 6) is 0. The van der Waals surface area contributed by atoms with E-state index in [1.54, 1.807) is 24.3 Å². The van der Waals surface area contributed by atoms with E-state index in [9.17, 15) is 8.42 Å². The lowest BCUT2D eigenvalue weighted by Crippen LogP contribution is -2.36. The molecule has 0 aliphatic carbocycles. The van der Waals surface area contributed by atoms with Crippen LogP contribution in [0.3, 0.4) is 0 Å². The molecule has 0 fully saturated rings. The van der Waals surface area contributed by atoms with Gasteiger partial charge in [-0.1, -0.05) is 54.2 Å². The summed E-state index contributed by atoms with van der Waals surface area (Å²) in [6.07, 6.45) is 0. The maximum Gasteiger partial charge on any atom is 0.251 e. The third-order valence-corrected chi connectivity index (χ3v) is 5.89. The van der Waals surface area contributed by atoms with E-state index < -0.39 is 16.1 Å². The van der Waals surface area contributed by atoms with Crippen molar-refractivity contribution >= 4 is 50.2 Å². The van der Waals surface area contributed by atoms with E-state index in [0.717, 1.165) is 11.3 Å². The van der Waals surface area contributed by atoms with E-state index in [2.05, 4.69) is 4.72 Å². The maximum atomic E-state index is 12.3. The second-order valence-corrected chi connectivity index (χ2v) is 8.05. The van der Waals surface area contributed by atoms with E-state index in [1.165, 1.54) is 12.1 Å². The molecule has 8 heteroatoms. The molecular formula is C12H11ClN2O2S3. The standard InChI is InChI=1S/C12H11ClN2O2S3/c13-9-6-7-10(19-9)20(16,17)15-11(12(14)18)8-4-2-1-3-5-8/h1-7,11,15H,(H2,14,18). The second kappa shape index (κ2) is 6.19. The molecule has 1 unspecified atom stereocenters. The van der Waals surface area contributed by atoms with Crippen LogP contribution < -0.4 is 10.5 Å². The Kier molecular flexibility index (Phi) is 4.77. The van der Waals surface area contributed by atoms with E-state index in [4.69, 9.17) is 29.6 Å². The minimum Gasteiger partial charge on any atom is -0.392 e. The highest BCUT2D eigenvalue weighted by Gasteiger charge is 2.24. The summed E-state index contributed by atoms with van der Waals surface area (Å²) in [4.78, 5) is 0.0578. The van der Waals surface area contributed by atoms with Crippen LogP contribution in [0.5, 0.6) is 0 Å². The minimum atomic E-state index is -3.72. The number of thiocarbonyl (C=S) groups is 1. The summed E-state index contributed by atoms with van der Waals surface area (Å²) in [7, 11) is -3.72. The number of thiophene rings is 1. The van der Waals surface area contributed by atoms with Crippen LogP contribution in [-0.2, 0) is 10.0 Å². The van der Waals surface area contributed by atoms with Crippen LogP contribution in [-0.4, -0.2) is 13.4 Å². The number of nitrogens with two attached hydrogens (primary N) is 1. The summed E-state index contributed by atoms with van der Waals surface area (Å²) in [6.45, 7) is 0. The van der Waals surface area contributed by atoms with Gasteiger partial charge in [0.15, 0.2) is 0 Å². The van der Waals surface area contributed by atoms with Crippen LogP contribution in [0, 0.1) is 0 Å². The number of rotatable bonds is 5. The molecule has 1 heterocycles. The fourth-order valence-electron chi connectivity index (χ4n) is 1.59. The Hall–Kier alpha value is -0.990. The van der Waals surface area contributed by atoms with Crippen LogP contribution in [0.4, 0.5) is 0 Å². The molecule has 0 saturated heterocycles. The zero-order chi connectivity index (χ0) is 14.8. The first-order chi connectivity index (χ1) is 9.40. The third kappa shape index (κ3) is 3.56. The van der Waals surface area contributed by atoms with Crippen molar-refractivity contribution in [2.24, 2.45) is 5.73 Å². The van der Waals surface area contributed by atoms with E-state index in [0.29, 0.717) is 9.90 Å². The Labute approximate surface area is 131 Å². The first-order valence-corrected chi connectivity index (χ1v) is 8.60. The summed E-state index contributed by atoms with van der Waals surface area (Å²) < 4.78 is 27.5. The van der Waals surface area contributed by atoms with Crippen LogP contribution >= 0.6 is 35.2 Å². The lowest BCUT2D eigenvalue weighted by molar-refractivity contribution is 0.579. The number of sulfonamides is 1. The van der Waals surface area contributed by atoms with Gasteiger partial charge in [-0.3, -0.25) is 0 Å². The number of hydrogen-bond acceptors (Lipinski definition) is 4. The Morgan fingerprint density at radius 3 is 2.40 bits per heavy atom. The predicted molar refractivity (Wildman–Crippen MR) is 85.6 cm³/mol. The molecular weight excluding hydrogens is 336 g/mol. The largest absolute Gasteiger partial charge is 0.392 e. The van der Waals surface area contributed by atoms with Gasteiger partial charge in [0.25, 0.3) is 10.0 Å². The zero-order valence-corrected chi connectivity index (χ0v) is 13.3. The van der Waals surface area contributed by atoms with Gasteiger partial charge in [-0.25, -0.2) is 8.42 Å². The normalized spacial score (nSPS) is 13.1. The molecule has 1 atom stereocenters. The van der Waals surface area contributed by atoms with Gasteiger partial charge < -0.3 is 5.73 Å². The monoisotopic (exact) mass is 346 g/mol. The van der Waals surface area contributed by atoms with Crippen molar-refractivity contribution in [3.63, 3.8) is 0 Å².